The molecule has 0 amide bonds. The topological polar surface area (TPSA) is 17.1 Å². The van der Waals surface area contributed by atoms with Gasteiger partial charge in [-0.2, -0.15) is 0 Å². The van der Waals surface area contributed by atoms with Gasteiger partial charge in [0, 0.05) is 27.2 Å². The molecule has 0 aromatic heterocycles. The number of carbonyl (C=O) groups is 1. The van der Waals surface area contributed by atoms with Gasteiger partial charge in [-0.3, -0.25) is 4.79 Å². The maximum absolute atomic E-state index is 11.9. The SMILES string of the molecule is CC(C)C(=O)c1ccc(SCc2ccccc2Cl)cc1. The average Bonchev–Trinajstić information content (AvgIpc) is 2.46. The zero-order chi connectivity index (χ0) is 14.5. The van der Waals surface area contributed by atoms with Crippen molar-refractivity contribution in [2.45, 2.75) is 24.5 Å². The molecule has 104 valence electrons. The number of thioether (sulfide) groups is 1. The summed E-state index contributed by atoms with van der Waals surface area (Å²) < 4.78 is 0. The summed E-state index contributed by atoms with van der Waals surface area (Å²) in [5.74, 6) is 1.06. The van der Waals surface area contributed by atoms with E-state index in [2.05, 4.69) is 0 Å². The molecule has 0 atom stereocenters. The minimum Gasteiger partial charge on any atom is -0.294 e. The molecule has 0 fully saturated rings. The van der Waals surface area contributed by atoms with Crippen LogP contribution in [0.15, 0.2) is 53.4 Å². The monoisotopic (exact) mass is 304 g/mol. The van der Waals surface area contributed by atoms with E-state index in [0.717, 1.165) is 26.8 Å². The Morgan fingerprint density at radius 2 is 1.75 bits per heavy atom. The fraction of sp³-hybridized carbons (Fsp3) is 0.235. The Morgan fingerprint density at radius 3 is 2.35 bits per heavy atom. The number of benzene rings is 2. The molecule has 0 saturated heterocycles. The summed E-state index contributed by atoms with van der Waals surface area (Å²) >= 11 is 7.85. The van der Waals surface area contributed by atoms with Gasteiger partial charge in [0.2, 0.25) is 0 Å². The van der Waals surface area contributed by atoms with Crippen molar-refractivity contribution in [3.63, 3.8) is 0 Å². The van der Waals surface area contributed by atoms with Crippen LogP contribution in [-0.4, -0.2) is 5.78 Å². The van der Waals surface area contributed by atoms with Crippen LogP contribution in [0.3, 0.4) is 0 Å². The molecular weight excluding hydrogens is 288 g/mol. The Balaban J connectivity index is 2.01. The minimum absolute atomic E-state index is 0.0385. The second kappa shape index (κ2) is 6.96. The fourth-order valence-corrected chi connectivity index (χ4v) is 3.01. The van der Waals surface area contributed by atoms with E-state index in [4.69, 9.17) is 11.6 Å². The van der Waals surface area contributed by atoms with Crippen LogP contribution in [0, 0.1) is 5.92 Å². The highest BCUT2D eigenvalue weighted by Gasteiger charge is 2.10. The van der Waals surface area contributed by atoms with Gasteiger partial charge < -0.3 is 0 Å². The highest BCUT2D eigenvalue weighted by molar-refractivity contribution is 7.98. The predicted octanol–water partition coefficient (Wildman–Crippen LogP) is 5.47. The predicted molar refractivity (Wildman–Crippen MR) is 86.6 cm³/mol. The van der Waals surface area contributed by atoms with Gasteiger partial charge in [0.05, 0.1) is 0 Å². The maximum Gasteiger partial charge on any atom is 0.165 e. The number of halogens is 1. The second-order valence-electron chi connectivity index (χ2n) is 4.92. The van der Waals surface area contributed by atoms with Crippen molar-refractivity contribution in [3.05, 3.63) is 64.7 Å². The third kappa shape index (κ3) is 3.87. The first kappa shape index (κ1) is 15.1. The number of ketones is 1. The summed E-state index contributed by atoms with van der Waals surface area (Å²) in [6, 6.07) is 15.7. The van der Waals surface area contributed by atoms with Gasteiger partial charge in [-0.05, 0) is 23.8 Å². The Morgan fingerprint density at radius 1 is 1.10 bits per heavy atom. The van der Waals surface area contributed by atoms with E-state index in [1.165, 1.54) is 0 Å². The molecule has 0 spiro atoms. The number of hydrogen-bond acceptors (Lipinski definition) is 2. The second-order valence-corrected chi connectivity index (χ2v) is 6.38. The van der Waals surface area contributed by atoms with E-state index in [-0.39, 0.29) is 11.7 Å². The maximum atomic E-state index is 11.9. The smallest absolute Gasteiger partial charge is 0.165 e. The largest absolute Gasteiger partial charge is 0.294 e. The first-order valence-electron chi connectivity index (χ1n) is 6.58. The van der Waals surface area contributed by atoms with E-state index in [0.29, 0.717) is 0 Å². The highest BCUT2D eigenvalue weighted by Crippen LogP contribution is 2.27. The van der Waals surface area contributed by atoms with Gasteiger partial charge in [-0.25, -0.2) is 0 Å². The highest BCUT2D eigenvalue weighted by atomic mass is 35.5. The van der Waals surface area contributed by atoms with Crippen LogP contribution in [0.1, 0.15) is 29.8 Å². The van der Waals surface area contributed by atoms with E-state index in [1.54, 1.807) is 11.8 Å². The summed E-state index contributed by atoms with van der Waals surface area (Å²) in [6.07, 6.45) is 0. The van der Waals surface area contributed by atoms with Gasteiger partial charge in [-0.15, -0.1) is 11.8 Å². The van der Waals surface area contributed by atoms with Gasteiger partial charge in [-0.1, -0.05) is 55.8 Å². The molecule has 2 aromatic carbocycles. The van der Waals surface area contributed by atoms with Crippen LogP contribution in [0.25, 0.3) is 0 Å². The lowest BCUT2D eigenvalue weighted by Crippen LogP contribution is -2.06. The third-order valence-electron chi connectivity index (χ3n) is 3.02. The molecule has 0 aliphatic carbocycles. The van der Waals surface area contributed by atoms with Crippen molar-refractivity contribution in [2.75, 3.05) is 0 Å². The van der Waals surface area contributed by atoms with Crippen molar-refractivity contribution in [1.29, 1.82) is 0 Å². The summed E-state index contributed by atoms with van der Waals surface area (Å²) in [5.41, 5.74) is 1.91. The molecule has 2 aromatic rings. The molecule has 0 heterocycles. The van der Waals surface area contributed by atoms with Crippen LogP contribution in [-0.2, 0) is 5.75 Å². The van der Waals surface area contributed by atoms with Crippen molar-refractivity contribution < 1.29 is 4.79 Å². The molecule has 20 heavy (non-hydrogen) atoms. The molecule has 0 aliphatic heterocycles. The summed E-state index contributed by atoms with van der Waals surface area (Å²) in [7, 11) is 0. The van der Waals surface area contributed by atoms with Gasteiger partial charge in [0.15, 0.2) is 5.78 Å². The van der Waals surface area contributed by atoms with Gasteiger partial charge in [0.1, 0.15) is 0 Å². The lowest BCUT2D eigenvalue weighted by molar-refractivity contribution is 0.0939. The molecule has 0 radical (unpaired) electrons. The quantitative estimate of drug-likeness (QED) is 0.538. The third-order valence-corrected chi connectivity index (χ3v) is 4.44. The summed E-state index contributed by atoms with van der Waals surface area (Å²) in [4.78, 5) is 13.0. The van der Waals surface area contributed by atoms with Crippen LogP contribution in [0.2, 0.25) is 5.02 Å². The Bertz CT molecular complexity index is 590. The molecule has 0 bridgehead atoms. The molecule has 3 heteroatoms. The normalized spacial score (nSPS) is 10.8. The van der Waals surface area contributed by atoms with E-state index in [9.17, 15) is 4.79 Å². The molecular formula is C17H17ClOS. The first-order valence-corrected chi connectivity index (χ1v) is 7.95. The van der Waals surface area contributed by atoms with Crippen molar-refractivity contribution in [1.82, 2.24) is 0 Å². The van der Waals surface area contributed by atoms with E-state index in [1.807, 2.05) is 62.4 Å². The van der Waals surface area contributed by atoms with E-state index >= 15 is 0 Å². The van der Waals surface area contributed by atoms with Crippen LogP contribution >= 0.6 is 23.4 Å². The zero-order valence-electron chi connectivity index (χ0n) is 11.6. The lowest BCUT2D eigenvalue weighted by Gasteiger charge is -2.06. The molecule has 2 rings (SSSR count). The average molecular weight is 305 g/mol. The molecule has 0 N–H and O–H groups in total. The first-order chi connectivity index (χ1) is 9.58. The fourth-order valence-electron chi connectivity index (χ4n) is 1.83. The van der Waals surface area contributed by atoms with Crippen LogP contribution in [0.4, 0.5) is 0 Å². The van der Waals surface area contributed by atoms with Crippen LogP contribution in [0.5, 0.6) is 0 Å². The molecule has 0 aliphatic rings. The Hall–Kier alpha value is -1.25. The molecule has 0 saturated carbocycles. The number of rotatable bonds is 5. The zero-order valence-corrected chi connectivity index (χ0v) is 13.2. The number of carbonyl (C=O) groups excluding carboxylic acids is 1. The van der Waals surface area contributed by atoms with Crippen molar-refractivity contribution in [3.8, 4) is 0 Å². The summed E-state index contributed by atoms with van der Waals surface area (Å²) in [5, 5.41) is 0.798. The van der Waals surface area contributed by atoms with Crippen molar-refractivity contribution in [2.24, 2.45) is 5.92 Å². The minimum atomic E-state index is 0.0385. The summed E-state index contributed by atoms with van der Waals surface area (Å²) in [6.45, 7) is 3.84. The van der Waals surface area contributed by atoms with Gasteiger partial charge in [0.25, 0.3) is 0 Å². The number of hydrogen-bond donors (Lipinski definition) is 0. The Labute approximate surface area is 129 Å². The molecule has 1 nitrogen and oxygen atoms in total. The Kier molecular flexibility index (Phi) is 5.27. The van der Waals surface area contributed by atoms with Gasteiger partial charge >= 0.3 is 0 Å². The number of Topliss-reactive ketones (excluding diaryl/α,β-unsaturated/α-hetero) is 1. The standard InChI is InChI=1S/C17H17ClOS/c1-12(2)17(19)13-7-9-15(10-8-13)20-11-14-5-3-4-6-16(14)18/h3-10,12H,11H2,1-2H3. The van der Waals surface area contributed by atoms with E-state index < -0.39 is 0 Å². The molecule has 0 unspecified atom stereocenters. The van der Waals surface area contributed by atoms with Crippen LogP contribution < -0.4 is 0 Å². The lowest BCUT2D eigenvalue weighted by atomic mass is 10.0. The van der Waals surface area contributed by atoms with Crippen molar-refractivity contribution >= 4 is 29.1 Å².